The van der Waals surface area contributed by atoms with Crippen molar-refractivity contribution in [3.05, 3.63) is 52.5 Å². The first-order chi connectivity index (χ1) is 15.1. The third kappa shape index (κ3) is 4.71. The molecular formula is C22H22BrN3O5. The summed E-state index contributed by atoms with van der Waals surface area (Å²) in [5, 5.41) is 0.710. The lowest BCUT2D eigenvalue weighted by atomic mass is 9.97. The zero-order valence-corrected chi connectivity index (χ0v) is 18.6. The summed E-state index contributed by atoms with van der Waals surface area (Å²) >= 11 is 3.43. The second kappa shape index (κ2) is 9.47. The molecule has 162 valence electrons. The molecule has 1 saturated heterocycles. The highest BCUT2D eigenvalue weighted by atomic mass is 79.9. The van der Waals surface area contributed by atoms with Crippen LogP contribution in [0.3, 0.4) is 0 Å². The van der Waals surface area contributed by atoms with Gasteiger partial charge in [0.15, 0.2) is 0 Å². The average molecular weight is 488 g/mol. The quantitative estimate of drug-likeness (QED) is 0.479. The van der Waals surface area contributed by atoms with Crippen molar-refractivity contribution in [1.29, 1.82) is 0 Å². The summed E-state index contributed by atoms with van der Waals surface area (Å²) in [7, 11) is 0. The van der Waals surface area contributed by atoms with Crippen LogP contribution in [0.4, 0.5) is 5.95 Å². The molecule has 1 aliphatic heterocycles. The molecule has 1 aliphatic rings. The average Bonchev–Trinajstić information content (AvgIpc) is 3.16. The Balaban J connectivity index is 1.44. The largest absolute Gasteiger partial charge is 0.460 e. The number of carbonyl (C=O) groups is 2. The Bertz CT molecular complexity index is 1080. The lowest BCUT2D eigenvalue weighted by Crippen LogP contribution is -2.37. The number of carbonyl (C=O) groups excluding carboxylic acids is 2. The summed E-state index contributed by atoms with van der Waals surface area (Å²) in [4.78, 5) is 35.6. The number of benzene rings is 1. The van der Waals surface area contributed by atoms with Crippen LogP contribution in [0.2, 0.25) is 0 Å². The third-order valence-electron chi connectivity index (χ3n) is 5.24. The molecule has 1 fully saturated rings. The predicted molar refractivity (Wildman–Crippen MR) is 117 cm³/mol. The zero-order chi connectivity index (χ0) is 21.8. The van der Waals surface area contributed by atoms with Crippen LogP contribution in [0.1, 0.15) is 35.9 Å². The molecule has 2 aromatic heterocycles. The summed E-state index contributed by atoms with van der Waals surface area (Å²) in [5.74, 6) is -0.330. The molecule has 0 amide bonds. The Labute approximate surface area is 187 Å². The van der Waals surface area contributed by atoms with Gasteiger partial charge in [-0.2, -0.15) is 0 Å². The molecule has 3 heterocycles. The Morgan fingerprint density at radius 3 is 2.65 bits per heavy atom. The van der Waals surface area contributed by atoms with Crippen molar-refractivity contribution in [2.24, 2.45) is 5.92 Å². The van der Waals surface area contributed by atoms with Gasteiger partial charge in [0.05, 0.1) is 18.1 Å². The number of aromatic nitrogens is 2. The number of hydrogen-bond donors (Lipinski definition) is 0. The number of ether oxygens (including phenoxy) is 2. The minimum atomic E-state index is -0.572. The number of furan rings is 1. The van der Waals surface area contributed by atoms with Crippen LogP contribution < -0.4 is 4.90 Å². The van der Waals surface area contributed by atoms with Crippen LogP contribution in [0.15, 0.2) is 45.5 Å². The Kier molecular flexibility index (Phi) is 6.50. The van der Waals surface area contributed by atoms with E-state index in [-0.39, 0.29) is 30.9 Å². The number of fused-ring (bicyclic) bond motifs is 1. The van der Waals surface area contributed by atoms with Crippen molar-refractivity contribution in [1.82, 2.24) is 9.97 Å². The summed E-state index contributed by atoms with van der Waals surface area (Å²) < 4.78 is 17.2. The second-order valence-corrected chi connectivity index (χ2v) is 8.10. The maximum Gasteiger partial charge on any atom is 0.374 e. The van der Waals surface area contributed by atoms with Crippen molar-refractivity contribution in [3.63, 3.8) is 0 Å². The minimum Gasteiger partial charge on any atom is -0.460 e. The first-order valence-electron chi connectivity index (χ1n) is 10.1. The fourth-order valence-electron chi connectivity index (χ4n) is 3.66. The molecule has 0 radical (unpaired) electrons. The van der Waals surface area contributed by atoms with Crippen molar-refractivity contribution >= 4 is 44.8 Å². The summed E-state index contributed by atoms with van der Waals surface area (Å²) in [5.41, 5.74) is 1.05. The number of hydrogen-bond acceptors (Lipinski definition) is 8. The molecule has 1 aromatic carbocycles. The topological polar surface area (TPSA) is 94.8 Å². The van der Waals surface area contributed by atoms with Crippen molar-refractivity contribution < 1.29 is 23.5 Å². The van der Waals surface area contributed by atoms with Crippen LogP contribution in [-0.2, 0) is 20.9 Å². The Morgan fingerprint density at radius 2 is 1.94 bits per heavy atom. The van der Waals surface area contributed by atoms with E-state index in [1.54, 1.807) is 31.5 Å². The van der Waals surface area contributed by atoms with Crippen LogP contribution >= 0.6 is 15.9 Å². The molecule has 0 spiro atoms. The molecule has 0 saturated carbocycles. The van der Waals surface area contributed by atoms with Crippen LogP contribution in [-0.4, -0.2) is 41.6 Å². The van der Waals surface area contributed by atoms with E-state index in [0.717, 1.165) is 4.47 Å². The highest BCUT2D eigenvalue weighted by Gasteiger charge is 2.29. The summed E-state index contributed by atoms with van der Waals surface area (Å²) in [6.45, 7) is 3.25. The van der Waals surface area contributed by atoms with Crippen LogP contribution in [0.5, 0.6) is 0 Å². The van der Waals surface area contributed by atoms with Crippen molar-refractivity contribution in [3.8, 4) is 0 Å². The molecule has 0 atom stereocenters. The molecule has 0 N–H and O–H groups in total. The van der Waals surface area contributed by atoms with E-state index in [2.05, 4.69) is 30.8 Å². The van der Waals surface area contributed by atoms with Gasteiger partial charge in [-0.25, -0.2) is 14.8 Å². The van der Waals surface area contributed by atoms with Gasteiger partial charge in [-0.1, -0.05) is 15.9 Å². The van der Waals surface area contributed by atoms with Gasteiger partial charge in [-0.15, -0.1) is 0 Å². The normalized spacial score (nSPS) is 14.6. The Hall–Kier alpha value is -2.94. The first kappa shape index (κ1) is 21.3. The van der Waals surface area contributed by atoms with Gasteiger partial charge in [0, 0.05) is 35.3 Å². The minimum absolute atomic E-state index is 0.0571. The molecule has 8 nitrogen and oxygen atoms in total. The van der Waals surface area contributed by atoms with Crippen molar-refractivity contribution in [2.75, 3.05) is 24.6 Å². The first-order valence-corrected chi connectivity index (χ1v) is 10.9. The van der Waals surface area contributed by atoms with E-state index in [4.69, 9.17) is 13.9 Å². The zero-order valence-electron chi connectivity index (χ0n) is 17.0. The van der Waals surface area contributed by atoms with E-state index in [9.17, 15) is 9.59 Å². The van der Waals surface area contributed by atoms with E-state index in [1.807, 2.05) is 12.1 Å². The number of nitrogens with zero attached hydrogens (tertiary/aromatic N) is 3. The molecule has 4 rings (SSSR count). The number of anilines is 1. The van der Waals surface area contributed by atoms with E-state index in [0.29, 0.717) is 48.4 Å². The standard InChI is InChI=1S/C22H22BrN3O5/c1-2-29-21(28)19-17(16-12-15(23)4-5-18(16)31-19)13-30-20(27)14-6-10-26(11-7-14)22-24-8-3-9-25-22/h3-5,8-9,12,14H,2,6-7,10-11,13H2,1H3. The monoisotopic (exact) mass is 487 g/mol. The highest BCUT2D eigenvalue weighted by molar-refractivity contribution is 9.10. The number of piperidine rings is 1. The van der Waals surface area contributed by atoms with Gasteiger partial charge in [-0.3, -0.25) is 4.79 Å². The fraction of sp³-hybridized carbons (Fsp3) is 0.364. The van der Waals surface area contributed by atoms with Gasteiger partial charge in [0.1, 0.15) is 12.2 Å². The maximum atomic E-state index is 12.7. The summed E-state index contributed by atoms with van der Waals surface area (Å²) in [6, 6.07) is 7.19. The molecule has 0 unspecified atom stereocenters. The SMILES string of the molecule is CCOC(=O)c1oc2ccc(Br)cc2c1COC(=O)C1CCN(c2ncccn2)CC1. The van der Waals surface area contributed by atoms with E-state index < -0.39 is 5.97 Å². The Morgan fingerprint density at radius 1 is 1.19 bits per heavy atom. The van der Waals surface area contributed by atoms with Gasteiger partial charge in [0.25, 0.3) is 0 Å². The molecule has 0 aliphatic carbocycles. The molecule has 9 heteroatoms. The third-order valence-corrected chi connectivity index (χ3v) is 5.73. The molecule has 0 bridgehead atoms. The maximum absolute atomic E-state index is 12.7. The molecule has 3 aromatic rings. The van der Waals surface area contributed by atoms with E-state index in [1.165, 1.54) is 0 Å². The van der Waals surface area contributed by atoms with Gasteiger partial charge in [-0.05, 0) is 44.0 Å². The van der Waals surface area contributed by atoms with E-state index >= 15 is 0 Å². The smallest absolute Gasteiger partial charge is 0.374 e. The van der Waals surface area contributed by atoms with Crippen molar-refractivity contribution in [2.45, 2.75) is 26.4 Å². The second-order valence-electron chi connectivity index (χ2n) is 7.19. The number of esters is 2. The van der Waals surface area contributed by atoms with Crippen LogP contribution in [0, 0.1) is 5.92 Å². The highest BCUT2D eigenvalue weighted by Crippen LogP contribution is 2.30. The summed E-state index contributed by atoms with van der Waals surface area (Å²) in [6.07, 6.45) is 4.72. The fourth-order valence-corrected chi connectivity index (χ4v) is 4.02. The molecular weight excluding hydrogens is 466 g/mol. The van der Waals surface area contributed by atoms with Crippen LogP contribution in [0.25, 0.3) is 11.0 Å². The lowest BCUT2D eigenvalue weighted by Gasteiger charge is -2.30. The number of rotatable bonds is 6. The molecule has 31 heavy (non-hydrogen) atoms. The van der Waals surface area contributed by atoms with Gasteiger partial charge in [0.2, 0.25) is 11.7 Å². The van der Waals surface area contributed by atoms with Gasteiger partial charge < -0.3 is 18.8 Å². The predicted octanol–water partition coefficient (Wildman–Crippen LogP) is 4.12. The van der Waals surface area contributed by atoms with Gasteiger partial charge >= 0.3 is 11.9 Å². The number of halogens is 1. The lowest BCUT2D eigenvalue weighted by molar-refractivity contribution is -0.150.